The molecule has 2 aromatic heterocycles. The molecular weight excluding hydrogens is 276 g/mol. The molecule has 1 aliphatic rings. The van der Waals surface area contributed by atoms with Crippen LogP contribution in [-0.2, 0) is 10.0 Å². The van der Waals surface area contributed by atoms with E-state index in [9.17, 15) is 8.42 Å². The van der Waals surface area contributed by atoms with Gasteiger partial charge in [-0.3, -0.25) is 0 Å². The van der Waals surface area contributed by atoms with Crippen molar-refractivity contribution in [1.82, 2.24) is 14.7 Å². The summed E-state index contributed by atoms with van der Waals surface area (Å²) in [4.78, 5) is 7.22. The molecule has 1 saturated carbocycles. The monoisotopic (exact) mass is 294 g/mol. The van der Waals surface area contributed by atoms with Crippen molar-refractivity contribution in [2.45, 2.75) is 42.7 Å². The molecule has 20 heavy (non-hydrogen) atoms. The van der Waals surface area contributed by atoms with Gasteiger partial charge in [0, 0.05) is 29.9 Å². The molecule has 0 aromatic carbocycles. The van der Waals surface area contributed by atoms with E-state index in [4.69, 9.17) is 5.73 Å². The standard InChI is InChI=1S/C13H18N4O2S/c14-10-5-1-2-6-11(10)17-20(18,19)12-8-16-13-9(12)4-3-7-15-13/h3-4,7-8,10-11,17H,1-2,5-6,14H2,(H,15,16). The van der Waals surface area contributed by atoms with Crippen LogP contribution in [0.1, 0.15) is 25.7 Å². The lowest BCUT2D eigenvalue weighted by Gasteiger charge is -2.28. The van der Waals surface area contributed by atoms with E-state index < -0.39 is 10.0 Å². The first-order chi connectivity index (χ1) is 9.58. The molecule has 0 amide bonds. The van der Waals surface area contributed by atoms with Crippen molar-refractivity contribution in [1.29, 1.82) is 0 Å². The van der Waals surface area contributed by atoms with Gasteiger partial charge in [0.15, 0.2) is 0 Å². The van der Waals surface area contributed by atoms with Gasteiger partial charge < -0.3 is 10.7 Å². The minimum absolute atomic E-state index is 0.109. The number of nitrogens with one attached hydrogen (secondary N) is 2. The maximum Gasteiger partial charge on any atom is 0.243 e. The van der Waals surface area contributed by atoms with E-state index in [0.717, 1.165) is 25.7 Å². The van der Waals surface area contributed by atoms with Crippen molar-refractivity contribution in [3.63, 3.8) is 0 Å². The highest BCUT2D eigenvalue weighted by Gasteiger charge is 2.28. The van der Waals surface area contributed by atoms with Crippen LogP contribution in [0.3, 0.4) is 0 Å². The van der Waals surface area contributed by atoms with Crippen LogP contribution in [0.5, 0.6) is 0 Å². The molecule has 0 spiro atoms. The molecule has 108 valence electrons. The number of rotatable bonds is 3. The summed E-state index contributed by atoms with van der Waals surface area (Å²) < 4.78 is 27.8. The summed E-state index contributed by atoms with van der Waals surface area (Å²) in [6, 6.07) is 3.17. The fourth-order valence-electron chi connectivity index (χ4n) is 2.72. The molecular formula is C13H18N4O2S. The second kappa shape index (κ2) is 5.16. The van der Waals surface area contributed by atoms with Crippen LogP contribution in [0, 0.1) is 0 Å². The lowest BCUT2D eigenvalue weighted by Crippen LogP contribution is -2.49. The van der Waals surface area contributed by atoms with E-state index in [1.807, 2.05) is 0 Å². The largest absolute Gasteiger partial charge is 0.345 e. The first-order valence-corrected chi connectivity index (χ1v) is 8.26. The van der Waals surface area contributed by atoms with Crippen molar-refractivity contribution >= 4 is 21.1 Å². The number of nitrogens with two attached hydrogens (primary N) is 1. The number of pyridine rings is 1. The van der Waals surface area contributed by atoms with Gasteiger partial charge in [-0.25, -0.2) is 18.1 Å². The Morgan fingerprint density at radius 3 is 2.95 bits per heavy atom. The van der Waals surface area contributed by atoms with Crippen molar-refractivity contribution in [2.75, 3.05) is 0 Å². The van der Waals surface area contributed by atoms with Gasteiger partial charge in [0.25, 0.3) is 0 Å². The topological polar surface area (TPSA) is 101 Å². The quantitative estimate of drug-likeness (QED) is 0.789. The molecule has 0 bridgehead atoms. The van der Waals surface area contributed by atoms with Gasteiger partial charge in [0.2, 0.25) is 10.0 Å². The summed E-state index contributed by atoms with van der Waals surface area (Å²) >= 11 is 0. The Morgan fingerprint density at radius 1 is 1.35 bits per heavy atom. The van der Waals surface area contributed by atoms with Gasteiger partial charge in [-0.15, -0.1) is 0 Å². The first-order valence-electron chi connectivity index (χ1n) is 6.78. The third kappa shape index (κ3) is 2.44. The van der Waals surface area contributed by atoms with Gasteiger partial charge in [-0.2, -0.15) is 0 Å². The summed E-state index contributed by atoms with van der Waals surface area (Å²) in [6.07, 6.45) is 6.84. The number of H-pyrrole nitrogens is 1. The highest BCUT2D eigenvalue weighted by Crippen LogP contribution is 2.23. The summed E-state index contributed by atoms with van der Waals surface area (Å²) in [5, 5.41) is 0.601. The first kappa shape index (κ1) is 13.5. The van der Waals surface area contributed by atoms with E-state index in [0.29, 0.717) is 11.0 Å². The Kier molecular flexibility index (Phi) is 3.49. The lowest BCUT2D eigenvalue weighted by atomic mass is 9.92. The normalized spacial score (nSPS) is 24.1. The van der Waals surface area contributed by atoms with Crippen LogP contribution in [0.25, 0.3) is 11.0 Å². The summed E-state index contributed by atoms with van der Waals surface area (Å²) in [5.74, 6) is 0. The van der Waals surface area contributed by atoms with Gasteiger partial charge in [-0.05, 0) is 25.0 Å². The van der Waals surface area contributed by atoms with Crippen molar-refractivity contribution in [2.24, 2.45) is 5.73 Å². The zero-order valence-electron chi connectivity index (χ0n) is 11.0. The Hall–Kier alpha value is -1.44. The van der Waals surface area contributed by atoms with Gasteiger partial charge >= 0.3 is 0 Å². The molecule has 2 heterocycles. The molecule has 2 atom stereocenters. The third-order valence-corrected chi connectivity index (χ3v) is 5.36. The fraction of sp³-hybridized carbons (Fsp3) is 0.462. The van der Waals surface area contributed by atoms with Crippen molar-refractivity contribution in [3.8, 4) is 0 Å². The van der Waals surface area contributed by atoms with Gasteiger partial charge in [0.1, 0.15) is 10.5 Å². The summed E-state index contributed by atoms with van der Waals surface area (Å²) in [5.41, 5.74) is 6.58. The number of fused-ring (bicyclic) bond motifs is 1. The van der Waals surface area contributed by atoms with Gasteiger partial charge in [0.05, 0.1) is 0 Å². The van der Waals surface area contributed by atoms with Gasteiger partial charge in [-0.1, -0.05) is 12.8 Å². The molecule has 4 N–H and O–H groups in total. The highest BCUT2D eigenvalue weighted by atomic mass is 32.2. The molecule has 2 aromatic rings. The molecule has 2 unspecified atom stereocenters. The lowest BCUT2D eigenvalue weighted by molar-refractivity contribution is 0.361. The molecule has 6 nitrogen and oxygen atoms in total. The minimum atomic E-state index is -3.58. The number of nitrogens with zero attached hydrogens (tertiary/aromatic N) is 1. The zero-order valence-corrected chi connectivity index (χ0v) is 11.9. The molecule has 3 rings (SSSR count). The number of aromatic amines is 1. The molecule has 1 aliphatic carbocycles. The number of aromatic nitrogens is 2. The number of hydrogen-bond donors (Lipinski definition) is 3. The highest BCUT2D eigenvalue weighted by molar-refractivity contribution is 7.89. The molecule has 0 radical (unpaired) electrons. The smallest absolute Gasteiger partial charge is 0.243 e. The maximum atomic E-state index is 12.5. The second-order valence-corrected chi connectivity index (χ2v) is 6.91. The molecule has 0 aliphatic heterocycles. The van der Waals surface area contributed by atoms with Crippen LogP contribution < -0.4 is 10.5 Å². The van der Waals surface area contributed by atoms with Crippen molar-refractivity contribution < 1.29 is 8.42 Å². The third-order valence-electron chi connectivity index (χ3n) is 3.83. The minimum Gasteiger partial charge on any atom is -0.345 e. The Morgan fingerprint density at radius 2 is 2.15 bits per heavy atom. The molecule has 7 heteroatoms. The van der Waals surface area contributed by atoms with Crippen LogP contribution in [0.2, 0.25) is 0 Å². The Bertz CT molecular complexity index is 710. The number of sulfonamides is 1. The SMILES string of the molecule is NC1CCCCC1NS(=O)(=O)c1c[nH]c2ncccc12. The Balaban J connectivity index is 1.91. The fourth-order valence-corrected chi connectivity index (χ4v) is 4.21. The van der Waals surface area contributed by atoms with Crippen LogP contribution in [0.15, 0.2) is 29.4 Å². The molecule has 0 saturated heterocycles. The van der Waals surface area contributed by atoms with Crippen LogP contribution in [0.4, 0.5) is 0 Å². The second-order valence-electron chi connectivity index (χ2n) is 5.23. The zero-order chi connectivity index (χ0) is 14.2. The van der Waals surface area contributed by atoms with E-state index >= 15 is 0 Å². The number of hydrogen-bond acceptors (Lipinski definition) is 4. The average molecular weight is 294 g/mol. The Labute approximate surface area is 117 Å². The van der Waals surface area contributed by atoms with E-state index in [2.05, 4.69) is 14.7 Å². The van der Waals surface area contributed by atoms with E-state index in [-0.39, 0.29) is 17.0 Å². The van der Waals surface area contributed by atoms with E-state index in [1.54, 1.807) is 18.3 Å². The average Bonchev–Trinajstić information content (AvgIpc) is 2.86. The van der Waals surface area contributed by atoms with Crippen LogP contribution in [-0.4, -0.2) is 30.5 Å². The summed E-state index contributed by atoms with van der Waals surface area (Å²) in [6.45, 7) is 0. The summed E-state index contributed by atoms with van der Waals surface area (Å²) in [7, 11) is -3.58. The molecule has 1 fully saturated rings. The maximum absolute atomic E-state index is 12.5. The predicted molar refractivity (Wildman–Crippen MR) is 76.6 cm³/mol. The van der Waals surface area contributed by atoms with E-state index in [1.165, 1.54) is 6.20 Å². The van der Waals surface area contributed by atoms with Crippen molar-refractivity contribution in [3.05, 3.63) is 24.5 Å². The van der Waals surface area contributed by atoms with Crippen LogP contribution >= 0.6 is 0 Å². The predicted octanol–water partition coefficient (Wildman–Crippen LogP) is 1.11.